The lowest BCUT2D eigenvalue weighted by Crippen LogP contribution is -2.00. The molecule has 0 aromatic rings. The summed E-state index contributed by atoms with van der Waals surface area (Å²) in [7, 11) is 0. The molecule has 3 heteroatoms. The number of hydrogen-bond acceptors (Lipinski definition) is 2. The Morgan fingerprint density at radius 2 is 1.11 bits per heavy atom. The van der Waals surface area contributed by atoms with E-state index < -0.39 is 0 Å². The van der Waals surface area contributed by atoms with Gasteiger partial charge in [0.25, 0.3) is 0 Å². The van der Waals surface area contributed by atoms with Crippen LogP contribution in [0.4, 0.5) is 0 Å². The van der Waals surface area contributed by atoms with Crippen LogP contribution in [0.2, 0.25) is 0 Å². The van der Waals surface area contributed by atoms with Gasteiger partial charge in [-0.1, -0.05) is 64.2 Å². The van der Waals surface area contributed by atoms with Crippen LogP contribution in [0.15, 0.2) is 0 Å². The minimum absolute atomic E-state index is 0.161. The van der Waals surface area contributed by atoms with Crippen molar-refractivity contribution >= 4 is 17.6 Å². The highest BCUT2D eigenvalue weighted by molar-refractivity contribution is 6.17. The second-order valence-electron chi connectivity index (χ2n) is 5.27. The minimum atomic E-state index is -0.161. The summed E-state index contributed by atoms with van der Waals surface area (Å²) in [6, 6.07) is 0. The predicted molar refractivity (Wildman–Crippen MR) is 82.8 cm³/mol. The Kier molecular flexibility index (Phi) is 15.6. The first-order valence-electron chi connectivity index (χ1n) is 7.96. The van der Waals surface area contributed by atoms with Crippen LogP contribution in [0.3, 0.4) is 0 Å². The van der Waals surface area contributed by atoms with E-state index in [-0.39, 0.29) is 5.97 Å². The molecule has 0 aliphatic carbocycles. The topological polar surface area (TPSA) is 26.3 Å². The summed E-state index contributed by atoms with van der Waals surface area (Å²) < 4.78 is 4.89. The van der Waals surface area contributed by atoms with Gasteiger partial charge in [0.2, 0.25) is 0 Å². The summed E-state index contributed by atoms with van der Waals surface area (Å²) in [6.07, 6.45) is 15.5. The Labute approximate surface area is 124 Å². The van der Waals surface area contributed by atoms with E-state index in [1.807, 2.05) is 0 Å². The van der Waals surface area contributed by atoms with E-state index in [2.05, 4.69) is 0 Å². The first-order chi connectivity index (χ1) is 9.27. The van der Waals surface area contributed by atoms with Crippen LogP contribution in [0.1, 0.15) is 84.0 Å². The van der Waals surface area contributed by atoms with Crippen molar-refractivity contribution in [2.24, 2.45) is 0 Å². The summed E-state index contributed by atoms with van der Waals surface area (Å²) in [5, 5.41) is 0. The number of hydrogen-bond donors (Lipinski definition) is 0. The van der Waals surface area contributed by atoms with Crippen molar-refractivity contribution in [3.63, 3.8) is 0 Å². The lowest BCUT2D eigenvalue weighted by Gasteiger charge is -2.03. The fourth-order valence-electron chi connectivity index (χ4n) is 2.18. The van der Waals surface area contributed by atoms with Gasteiger partial charge in [0.1, 0.15) is 0 Å². The van der Waals surface area contributed by atoms with Gasteiger partial charge in [-0.05, 0) is 12.8 Å². The van der Waals surface area contributed by atoms with E-state index in [0.29, 0.717) is 6.61 Å². The summed E-state index contributed by atoms with van der Waals surface area (Å²) in [5.41, 5.74) is 0. The quantitative estimate of drug-likeness (QED) is 0.241. The second-order valence-corrected chi connectivity index (χ2v) is 5.65. The maximum absolute atomic E-state index is 10.5. The highest BCUT2D eigenvalue weighted by Gasteiger charge is 1.95. The van der Waals surface area contributed by atoms with Crippen molar-refractivity contribution in [2.75, 3.05) is 12.5 Å². The molecule has 0 aliphatic rings. The van der Waals surface area contributed by atoms with Crippen LogP contribution in [-0.4, -0.2) is 18.5 Å². The van der Waals surface area contributed by atoms with Crippen molar-refractivity contribution in [3.8, 4) is 0 Å². The molecular formula is C16H31ClO2. The molecular weight excluding hydrogens is 260 g/mol. The van der Waals surface area contributed by atoms with E-state index in [9.17, 15) is 4.79 Å². The maximum atomic E-state index is 10.5. The monoisotopic (exact) mass is 290 g/mol. The van der Waals surface area contributed by atoms with E-state index >= 15 is 0 Å². The zero-order valence-electron chi connectivity index (χ0n) is 12.6. The molecule has 0 fully saturated rings. The molecule has 2 nitrogen and oxygen atoms in total. The van der Waals surface area contributed by atoms with Gasteiger partial charge in [-0.15, -0.1) is 11.6 Å². The Bertz CT molecular complexity index is 195. The number of halogens is 1. The normalized spacial score (nSPS) is 10.6. The number of ether oxygens (including phenoxy) is 1. The average molecular weight is 291 g/mol. The van der Waals surface area contributed by atoms with Gasteiger partial charge in [-0.3, -0.25) is 4.79 Å². The van der Waals surface area contributed by atoms with Gasteiger partial charge in [0.15, 0.2) is 0 Å². The highest BCUT2D eigenvalue weighted by atomic mass is 35.5. The smallest absolute Gasteiger partial charge is 0.302 e. The molecule has 0 rings (SSSR count). The molecule has 0 unspecified atom stereocenters. The van der Waals surface area contributed by atoms with E-state index in [1.54, 1.807) is 0 Å². The largest absolute Gasteiger partial charge is 0.466 e. The molecule has 0 aliphatic heterocycles. The van der Waals surface area contributed by atoms with Crippen molar-refractivity contribution in [2.45, 2.75) is 84.0 Å². The standard InChI is InChI=1S/C16H31ClO2/c1-16(18)19-15-13-11-9-7-5-3-2-4-6-8-10-12-14-17/h2-15H2,1H3. The minimum Gasteiger partial charge on any atom is -0.466 e. The van der Waals surface area contributed by atoms with Crippen molar-refractivity contribution < 1.29 is 9.53 Å². The molecule has 0 saturated heterocycles. The van der Waals surface area contributed by atoms with Crippen LogP contribution < -0.4 is 0 Å². The summed E-state index contributed by atoms with van der Waals surface area (Å²) in [6.45, 7) is 2.06. The van der Waals surface area contributed by atoms with Gasteiger partial charge in [-0.25, -0.2) is 0 Å². The van der Waals surface area contributed by atoms with Gasteiger partial charge in [0.05, 0.1) is 6.61 Å². The lowest BCUT2D eigenvalue weighted by atomic mass is 10.1. The Hall–Kier alpha value is -0.240. The fraction of sp³-hybridized carbons (Fsp3) is 0.938. The molecule has 0 bridgehead atoms. The SMILES string of the molecule is CC(=O)OCCCCCCCCCCCCCCCl. The van der Waals surface area contributed by atoms with Crippen molar-refractivity contribution in [1.29, 1.82) is 0 Å². The molecule has 0 radical (unpaired) electrons. The number of esters is 1. The molecule has 0 aromatic heterocycles. The van der Waals surface area contributed by atoms with Crippen molar-refractivity contribution in [3.05, 3.63) is 0 Å². The molecule has 0 saturated carbocycles. The third-order valence-corrected chi connectivity index (χ3v) is 3.60. The summed E-state index contributed by atoms with van der Waals surface area (Å²) >= 11 is 5.64. The molecule has 0 N–H and O–H groups in total. The average Bonchev–Trinajstić information content (AvgIpc) is 2.39. The Morgan fingerprint density at radius 3 is 1.47 bits per heavy atom. The van der Waals surface area contributed by atoms with Gasteiger partial charge in [-0.2, -0.15) is 0 Å². The molecule has 0 aromatic carbocycles. The highest BCUT2D eigenvalue weighted by Crippen LogP contribution is 2.12. The van der Waals surface area contributed by atoms with Crippen LogP contribution in [0.25, 0.3) is 0 Å². The molecule has 114 valence electrons. The van der Waals surface area contributed by atoms with Crippen LogP contribution in [0, 0.1) is 0 Å². The number of unbranched alkanes of at least 4 members (excludes halogenated alkanes) is 11. The van der Waals surface area contributed by atoms with E-state index in [4.69, 9.17) is 16.3 Å². The third-order valence-electron chi connectivity index (χ3n) is 3.33. The van der Waals surface area contributed by atoms with Crippen LogP contribution >= 0.6 is 11.6 Å². The van der Waals surface area contributed by atoms with Crippen LogP contribution in [0.5, 0.6) is 0 Å². The number of rotatable bonds is 14. The molecule has 0 atom stereocenters. The Balaban J connectivity index is 2.93. The van der Waals surface area contributed by atoms with Gasteiger partial charge in [0, 0.05) is 12.8 Å². The molecule has 0 heterocycles. The number of alkyl halides is 1. The molecule has 19 heavy (non-hydrogen) atoms. The van der Waals surface area contributed by atoms with Crippen LogP contribution in [-0.2, 0) is 9.53 Å². The maximum Gasteiger partial charge on any atom is 0.302 e. The van der Waals surface area contributed by atoms with Gasteiger partial charge < -0.3 is 4.74 Å². The predicted octanol–water partition coefficient (Wildman–Crippen LogP) is 5.47. The summed E-state index contributed by atoms with van der Waals surface area (Å²) in [5.74, 6) is 0.656. The molecule has 0 spiro atoms. The van der Waals surface area contributed by atoms with Crippen molar-refractivity contribution in [1.82, 2.24) is 0 Å². The summed E-state index contributed by atoms with van der Waals surface area (Å²) in [4.78, 5) is 10.5. The van der Waals surface area contributed by atoms with Gasteiger partial charge >= 0.3 is 5.97 Å². The lowest BCUT2D eigenvalue weighted by molar-refractivity contribution is -0.141. The zero-order valence-corrected chi connectivity index (χ0v) is 13.3. The zero-order chi connectivity index (χ0) is 14.2. The second kappa shape index (κ2) is 15.8. The molecule has 0 amide bonds. The number of carbonyl (C=O) groups excluding carboxylic acids is 1. The first-order valence-corrected chi connectivity index (χ1v) is 8.50. The van der Waals surface area contributed by atoms with E-state index in [1.165, 1.54) is 77.6 Å². The Morgan fingerprint density at radius 1 is 0.737 bits per heavy atom. The first kappa shape index (κ1) is 18.8. The third kappa shape index (κ3) is 17.8. The number of carbonyl (C=O) groups is 1. The van der Waals surface area contributed by atoms with E-state index in [0.717, 1.165) is 12.3 Å². The fourth-order valence-corrected chi connectivity index (χ4v) is 2.37.